The van der Waals surface area contributed by atoms with Crippen molar-refractivity contribution in [1.82, 2.24) is 5.32 Å². The molecule has 0 aliphatic rings. The molecule has 1 amide bonds. The molecule has 0 radical (unpaired) electrons. The number of sulfonamides is 1. The van der Waals surface area contributed by atoms with Crippen LogP contribution >= 0.6 is 11.6 Å². The van der Waals surface area contributed by atoms with E-state index in [1.807, 2.05) is 24.3 Å². The maximum absolute atomic E-state index is 12.3. The van der Waals surface area contributed by atoms with Gasteiger partial charge in [-0.15, -0.1) is 0 Å². The van der Waals surface area contributed by atoms with Gasteiger partial charge < -0.3 is 10.1 Å². The lowest BCUT2D eigenvalue weighted by atomic mass is 9.86. The Labute approximate surface area is 177 Å². The van der Waals surface area contributed by atoms with Crippen molar-refractivity contribution in [1.29, 1.82) is 0 Å². The molecule has 0 bridgehead atoms. The van der Waals surface area contributed by atoms with Gasteiger partial charge in [0, 0.05) is 5.02 Å². The molecule has 29 heavy (non-hydrogen) atoms. The third-order valence-corrected chi connectivity index (χ3v) is 5.57. The number of halogens is 1. The Morgan fingerprint density at radius 3 is 2.31 bits per heavy atom. The van der Waals surface area contributed by atoms with Crippen LogP contribution in [0.1, 0.15) is 26.3 Å². The topological polar surface area (TPSA) is 75.7 Å². The van der Waals surface area contributed by atoms with Gasteiger partial charge in [0.2, 0.25) is 15.9 Å². The van der Waals surface area contributed by atoms with Crippen LogP contribution in [0, 0.1) is 0 Å². The van der Waals surface area contributed by atoms with E-state index >= 15 is 0 Å². The number of ether oxygens (including phenoxy) is 1. The molecule has 2 rings (SSSR count). The van der Waals surface area contributed by atoms with Gasteiger partial charge in [-0.25, -0.2) is 8.42 Å². The standard InChI is InChI=1S/C21H27ClN2O4S/c1-21(2,3)18-7-5-6-8-19(18)28-14-13-23-20(25)15-24(29(4,26)27)17-11-9-16(22)10-12-17/h5-12H,13-15H2,1-4H3,(H,23,25). The van der Waals surface area contributed by atoms with Crippen LogP contribution in [0.3, 0.4) is 0 Å². The minimum absolute atomic E-state index is 0.0611. The van der Waals surface area contributed by atoms with Crippen molar-refractivity contribution < 1.29 is 17.9 Å². The van der Waals surface area contributed by atoms with Crippen LogP contribution < -0.4 is 14.4 Å². The Balaban J connectivity index is 1.93. The van der Waals surface area contributed by atoms with Crippen LogP contribution in [-0.2, 0) is 20.2 Å². The van der Waals surface area contributed by atoms with Crippen LogP contribution in [-0.4, -0.2) is 40.3 Å². The summed E-state index contributed by atoms with van der Waals surface area (Å²) in [6, 6.07) is 14.1. The van der Waals surface area contributed by atoms with Gasteiger partial charge in [-0.3, -0.25) is 9.10 Å². The smallest absolute Gasteiger partial charge is 0.240 e. The number of nitrogens with zero attached hydrogens (tertiary/aromatic N) is 1. The molecule has 1 N–H and O–H groups in total. The summed E-state index contributed by atoms with van der Waals surface area (Å²) in [4.78, 5) is 12.3. The third-order valence-electron chi connectivity index (χ3n) is 4.18. The van der Waals surface area contributed by atoms with E-state index in [-0.39, 0.29) is 25.1 Å². The lowest BCUT2D eigenvalue weighted by molar-refractivity contribution is -0.119. The van der Waals surface area contributed by atoms with Crippen LogP contribution in [0.15, 0.2) is 48.5 Å². The summed E-state index contributed by atoms with van der Waals surface area (Å²) in [5.41, 5.74) is 1.40. The molecule has 0 fully saturated rings. The molecule has 0 aromatic heterocycles. The van der Waals surface area contributed by atoms with E-state index in [0.717, 1.165) is 21.9 Å². The normalized spacial score (nSPS) is 11.8. The first-order chi connectivity index (χ1) is 13.5. The number of anilines is 1. The van der Waals surface area contributed by atoms with Gasteiger partial charge in [-0.1, -0.05) is 50.6 Å². The second-order valence-corrected chi connectivity index (χ2v) is 10.0. The largest absolute Gasteiger partial charge is 0.491 e. The summed E-state index contributed by atoms with van der Waals surface area (Å²) in [6.07, 6.45) is 1.06. The molecule has 0 saturated carbocycles. The highest BCUT2D eigenvalue weighted by molar-refractivity contribution is 7.92. The van der Waals surface area contributed by atoms with E-state index in [0.29, 0.717) is 10.7 Å². The molecule has 158 valence electrons. The summed E-state index contributed by atoms with van der Waals surface area (Å²) in [5.74, 6) is 0.353. The van der Waals surface area contributed by atoms with Crippen molar-refractivity contribution in [2.45, 2.75) is 26.2 Å². The highest BCUT2D eigenvalue weighted by atomic mass is 35.5. The molecule has 0 saturated heterocycles. The molecule has 0 unspecified atom stereocenters. The van der Waals surface area contributed by atoms with Gasteiger partial charge >= 0.3 is 0 Å². The van der Waals surface area contributed by atoms with E-state index in [9.17, 15) is 13.2 Å². The Morgan fingerprint density at radius 2 is 1.72 bits per heavy atom. The fourth-order valence-electron chi connectivity index (χ4n) is 2.76. The summed E-state index contributed by atoms with van der Waals surface area (Å²) in [5, 5.41) is 3.18. The summed E-state index contributed by atoms with van der Waals surface area (Å²) in [7, 11) is -3.62. The van der Waals surface area contributed by atoms with E-state index in [2.05, 4.69) is 26.1 Å². The van der Waals surface area contributed by atoms with Gasteiger partial charge in [0.25, 0.3) is 0 Å². The first-order valence-corrected chi connectivity index (χ1v) is 11.4. The number of hydrogen-bond donors (Lipinski definition) is 1. The van der Waals surface area contributed by atoms with E-state index < -0.39 is 15.9 Å². The van der Waals surface area contributed by atoms with E-state index in [4.69, 9.17) is 16.3 Å². The van der Waals surface area contributed by atoms with Crippen LogP contribution in [0.25, 0.3) is 0 Å². The minimum Gasteiger partial charge on any atom is -0.491 e. The zero-order valence-corrected chi connectivity index (χ0v) is 18.7. The fraction of sp³-hybridized carbons (Fsp3) is 0.381. The van der Waals surface area contributed by atoms with Crippen LogP contribution in [0.5, 0.6) is 5.75 Å². The first kappa shape index (κ1) is 23.0. The quantitative estimate of drug-likeness (QED) is 0.639. The molecule has 0 aliphatic heterocycles. The monoisotopic (exact) mass is 438 g/mol. The second-order valence-electron chi connectivity index (χ2n) is 7.69. The number of amides is 1. The van der Waals surface area contributed by atoms with Crippen molar-refractivity contribution in [2.24, 2.45) is 0 Å². The lowest BCUT2D eigenvalue weighted by Gasteiger charge is -2.23. The van der Waals surface area contributed by atoms with Crippen molar-refractivity contribution in [3.63, 3.8) is 0 Å². The fourth-order valence-corrected chi connectivity index (χ4v) is 3.74. The highest BCUT2D eigenvalue weighted by Crippen LogP contribution is 2.30. The minimum atomic E-state index is -3.62. The maximum Gasteiger partial charge on any atom is 0.240 e. The molecule has 0 aliphatic carbocycles. The van der Waals surface area contributed by atoms with Gasteiger partial charge in [-0.2, -0.15) is 0 Å². The number of carbonyl (C=O) groups is 1. The Bertz CT molecular complexity index is 938. The predicted molar refractivity (Wildman–Crippen MR) is 117 cm³/mol. The lowest BCUT2D eigenvalue weighted by Crippen LogP contribution is -2.41. The number of hydrogen-bond acceptors (Lipinski definition) is 4. The zero-order valence-electron chi connectivity index (χ0n) is 17.1. The molecule has 2 aromatic carbocycles. The van der Waals surface area contributed by atoms with Gasteiger partial charge in [0.15, 0.2) is 0 Å². The van der Waals surface area contributed by atoms with E-state index in [1.165, 1.54) is 0 Å². The van der Waals surface area contributed by atoms with Crippen LogP contribution in [0.4, 0.5) is 5.69 Å². The van der Waals surface area contributed by atoms with Crippen LogP contribution in [0.2, 0.25) is 5.02 Å². The molecular weight excluding hydrogens is 412 g/mol. The number of rotatable bonds is 8. The number of para-hydroxylation sites is 1. The average molecular weight is 439 g/mol. The Morgan fingerprint density at radius 1 is 1.10 bits per heavy atom. The van der Waals surface area contributed by atoms with E-state index in [1.54, 1.807) is 24.3 Å². The third kappa shape index (κ3) is 6.94. The number of nitrogens with one attached hydrogen (secondary N) is 1. The Hall–Kier alpha value is -2.25. The molecular formula is C21H27ClN2O4S. The van der Waals surface area contributed by atoms with Crippen molar-refractivity contribution in [2.75, 3.05) is 30.3 Å². The zero-order chi connectivity index (χ0) is 21.7. The van der Waals surface area contributed by atoms with Gasteiger partial charge in [-0.05, 0) is 41.3 Å². The molecule has 0 atom stereocenters. The average Bonchev–Trinajstić information content (AvgIpc) is 2.63. The van der Waals surface area contributed by atoms with Crippen molar-refractivity contribution >= 4 is 33.2 Å². The van der Waals surface area contributed by atoms with Gasteiger partial charge in [0.1, 0.15) is 18.9 Å². The molecule has 0 heterocycles. The number of carbonyl (C=O) groups excluding carboxylic acids is 1. The summed E-state index contributed by atoms with van der Waals surface area (Å²) < 4.78 is 31.0. The Kier molecular flexibility index (Phi) is 7.54. The maximum atomic E-state index is 12.3. The molecule has 6 nitrogen and oxygen atoms in total. The van der Waals surface area contributed by atoms with Crippen molar-refractivity contribution in [3.05, 3.63) is 59.1 Å². The highest BCUT2D eigenvalue weighted by Gasteiger charge is 2.21. The SMILES string of the molecule is CC(C)(C)c1ccccc1OCCNC(=O)CN(c1ccc(Cl)cc1)S(C)(=O)=O. The molecule has 0 spiro atoms. The number of benzene rings is 2. The molecule has 2 aromatic rings. The summed E-state index contributed by atoms with van der Waals surface area (Å²) in [6.45, 7) is 6.53. The first-order valence-electron chi connectivity index (χ1n) is 9.21. The van der Waals surface area contributed by atoms with Crippen molar-refractivity contribution in [3.8, 4) is 5.75 Å². The van der Waals surface area contributed by atoms with Gasteiger partial charge in [0.05, 0.1) is 18.5 Å². The predicted octanol–water partition coefficient (Wildman–Crippen LogP) is 3.60. The second kappa shape index (κ2) is 9.50. The molecule has 8 heteroatoms. The summed E-state index contributed by atoms with van der Waals surface area (Å²) >= 11 is 5.85.